The van der Waals surface area contributed by atoms with Crippen LogP contribution in [0.15, 0.2) is 109 Å². The molecule has 5 rings (SSSR count). The van der Waals surface area contributed by atoms with Gasteiger partial charge in [-0.2, -0.15) is 4.98 Å². The Morgan fingerprint density at radius 3 is 1.68 bits per heavy atom. The molecule has 4 aromatic carbocycles. The summed E-state index contributed by atoms with van der Waals surface area (Å²) in [5.74, 6) is -0.941. The van der Waals surface area contributed by atoms with Crippen molar-refractivity contribution in [2.24, 2.45) is 0 Å². The van der Waals surface area contributed by atoms with Crippen molar-refractivity contribution in [1.82, 2.24) is 9.97 Å². The molecular weight excluding hydrogens is 545 g/mol. The molecule has 0 atom stereocenters. The van der Waals surface area contributed by atoms with Gasteiger partial charge in [-0.25, -0.2) is 9.37 Å². The Balaban J connectivity index is 1.51. The number of ether oxygens (including phenoxy) is 3. The molecule has 1 amide bonds. The van der Waals surface area contributed by atoms with Crippen LogP contribution >= 0.6 is 11.6 Å². The summed E-state index contributed by atoms with van der Waals surface area (Å²) >= 11 is 5.81. The SMILES string of the molecule is O=C(Nc1nc(Cl)ncc1F)c1cc(OCc2ccccc2)c(OCc2ccccc2)c(OCc2ccccc2)c1. The third-order valence-corrected chi connectivity index (χ3v) is 6.11. The van der Waals surface area contributed by atoms with Crippen molar-refractivity contribution in [2.75, 3.05) is 5.32 Å². The lowest BCUT2D eigenvalue weighted by molar-refractivity contribution is 0.102. The number of carbonyl (C=O) groups excluding carboxylic acids is 1. The molecule has 1 heterocycles. The van der Waals surface area contributed by atoms with E-state index in [9.17, 15) is 9.18 Å². The largest absolute Gasteiger partial charge is 0.485 e. The summed E-state index contributed by atoms with van der Waals surface area (Å²) in [6.45, 7) is 0.657. The Hall–Kier alpha value is -4.95. The molecule has 0 saturated carbocycles. The summed E-state index contributed by atoms with van der Waals surface area (Å²) in [4.78, 5) is 20.6. The van der Waals surface area contributed by atoms with Crippen molar-refractivity contribution in [3.05, 3.63) is 143 Å². The van der Waals surface area contributed by atoms with Crippen LogP contribution in [0.25, 0.3) is 0 Å². The van der Waals surface area contributed by atoms with Crippen molar-refractivity contribution < 1.29 is 23.4 Å². The topological polar surface area (TPSA) is 82.6 Å². The lowest BCUT2D eigenvalue weighted by Crippen LogP contribution is -2.15. The number of amides is 1. The van der Waals surface area contributed by atoms with E-state index in [1.54, 1.807) is 0 Å². The Morgan fingerprint density at radius 1 is 0.732 bits per heavy atom. The minimum absolute atomic E-state index is 0.136. The summed E-state index contributed by atoms with van der Waals surface area (Å²) in [5, 5.41) is 2.24. The zero-order valence-electron chi connectivity index (χ0n) is 21.8. The van der Waals surface area contributed by atoms with Gasteiger partial charge in [0, 0.05) is 5.56 Å². The molecule has 9 heteroatoms. The van der Waals surface area contributed by atoms with E-state index in [0.717, 1.165) is 22.9 Å². The Labute approximate surface area is 241 Å². The van der Waals surface area contributed by atoms with Gasteiger partial charge in [0.1, 0.15) is 19.8 Å². The highest BCUT2D eigenvalue weighted by Gasteiger charge is 2.21. The van der Waals surface area contributed by atoms with Crippen LogP contribution in [-0.4, -0.2) is 15.9 Å². The van der Waals surface area contributed by atoms with Gasteiger partial charge in [0.15, 0.2) is 23.1 Å². The van der Waals surface area contributed by atoms with Gasteiger partial charge in [-0.15, -0.1) is 0 Å². The maximum Gasteiger partial charge on any atom is 0.257 e. The van der Waals surface area contributed by atoms with E-state index >= 15 is 0 Å². The van der Waals surface area contributed by atoms with Gasteiger partial charge in [0.25, 0.3) is 5.91 Å². The molecule has 5 aromatic rings. The summed E-state index contributed by atoms with van der Waals surface area (Å²) in [6.07, 6.45) is 0.883. The van der Waals surface area contributed by atoms with E-state index in [1.165, 1.54) is 12.1 Å². The highest BCUT2D eigenvalue weighted by atomic mass is 35.5. The fraction of sp³-hybridized carbons (Fsp3) is 0.0938. The molecule has 0 aliphatic rings. The van der Waals surface area contributed by atoms with Crippen molar-refractivity contribution in [1.29, 1.82) is 0 Å². The second-order valence-corrected chi connectivity index (χ2v) is 9.25. The Morgan fingerprint density at radius 2 is 1.20 bits per heavy atom. The fourth-order valence-electron chi connectivity index (χ4n) is 3.88. The van der Waals surface area contributed by atoms with Crippen LogP contribution in [0.1, 0.15) is 27.0 Å². The van der Waals surface area contributed by atoms with Crippen LogP contribution < -0.4 is 19.5 Å². The summed E-state index contributed by atoms with van der Waals surface area (Å²) < 4.78 is 32.9. The minimum Gasteiger partial charge on any atom is -0.485 e. The molecule has 0 bridgehead atoms. The average Bonchev–Trinajstić information content (AvgIpc) is 3.01. The number of anilines is 1. The number of rotatable bonds is 11. The van der Waals surface area contributed by atoms with Gasteiger partial charge in [0.2, 0.25) is 11.0 Å². The lowest BCUT2D eigenvalue weighted by Gasteiger charge is -2.19. The van der Waals surface area contributed by atoms with E-state index in [4.69, 9.17) is 25.8 Å². The van der Waals surface area contributed by atoms with Crippen LogP contribution in [0, 0.1) is 5.82 Å². The molecule has 0 spiro atoms. The van der Waals surface area contributed by atoms with Gasteiger partial charge < -0.3 is 19.5 Å². The molecule has 1 aromatic heterocycles. The molecule has 0 fully saturated rings. The monoisotopic (exact) mass is 569 g/mol. The smallest absolute Gasteiger partial charge is 0.257 e. The van der Waals surface area contributed by atoms with Crippen LogP contribution in [0.2, 0.25) is 5.28 Å². The Kier molecular flexibility index (Phi) is 9.03. The second kappa shape index (κ2) is 13.4. The summed E-state index contributed by atoms with van der Waals surface area (Å²) in [6, 6.07) is 31.9. The van der Waals surface area contributed by atoms with Gasteiger partial charge >= 0.3 is 0 Å². The molecule has 0 unspecified atom stereocenters. The van der Waals surface area contributed by atoms with Crippen LogP contribution in [0.3, 0.4) is 0 Å². The highest BCUT2D eigenvalue weighted by molar-refractivity contribution is 6.28. The van der Waals surface area contributed by atoms with E-state index in [2.05, 4.69) is 15.3 Å². The first-order valence-corrected chi connectivity index (χ1v) is 13.1. The van der Waals surface area contributed by atoms with Crippen LogP contribution in [-0.2, 0) is 19.8 Å². The van der Waals surface area contributed by atoms with Crippen LogP contribution in [0.5, 0.6) is 17.2 Å². The van der Waals surface area contributed by atoms with Gasteiger partial charge in [-0.1, -0.05) is 91.0 Å². The first-order chi connectivity index (χ1) is 20.0. The molecule has 0 aliphatic heterocycles. The van der Waals surface area contributed by atoms with E-state index < -0.39 is 11.7 Å². The summed E-state index contributed by atoms with van der Waals surface area (Å²) in [7, 11) is 0. The van der Waals surface area contributed by atoms with Gasteiger partial charge in [-0.3, -0.25) is 4.79 Å². The second-order valence-electron chi connectivity index (χ2n) is 8.91. The number of nitrogens with zero attached hydrogens (tertiary/aromatic N) is 2. The summed E-state index contributed by atoms with van der Waals surface area (Å²) in [5.41, 5.74) is 2.91. The fourth-order valence-corrected chi connectivity index (χ4v) is 4.01. The van der Waals surface area contributed by atoms with Crippen LogP contribution in [0.4, 0.5) is 10.2 Å². The van der Waals surface area contributed by atoms with Gasteiger partial charge in [0.05, 0.1) is 6.20 Å². The normalized spacial score (nSPS) is 10.6. The van der Waals surface area contributed by atoms with Crippen molar-refractivity contribution in [3.8, 4) is 17.2 Å². The number of carbonyl (C=O) groups is 1. The molecule has 41 heavy (non-hydrogen) atoms. The van der Waals surface area contributed by atoms with E-state index in [-0.39, 0.29) is 48.0 Å². The number of aromatic nitrogens is 2. The van der Waals surface area contributed by atoms with Crippen molar-refractivity contribution in [3.63, 3.8) is 0 Å². The first kappa shape index (κ1) is 27.6. The molecule has 0 saturated heterocycles. The standard InChI is InChI=1S/C32H25ClFN3O4/c33-32-35-18-26(34)30(37-32)36-31(38)25-16-27(39-19-22-10-4-1-5-11-22)29(41-21-24-14-8-3-9-15-24)28(17-25)40-20-23-12-6-2-7-13-23/h1-18H,19-21H2,(H,35,36,37,38). The molecular formula is C32H25ClFN3O4. The number of hydrogen-bond acceptors (Lipinski definition) is 6. The number of halogens is 2. The molecule has 0 radical (unpaired) electrons. The van der Waals surface area contributed by atoms with Crippen molar-refractivity contribution >= 4 is 23.3 Å². The highest BCUT2D eigenvalue weighted by Crippen LogP contribution is 2.40. The third kappa shape index (κ3) is 7.58. The molecule has 0 aliphatic carbocycles. The number of benzene rings is 4. The maximum absolute atomic E-state index is 14.3. The first-order valence-electron chi connectivity index (χ1n) is 12.7. The van der Waals surface area contributed by atoms with E-state index in [1.807, 2.05) is 91.0 Å². The minimum atomic E-state index is -0.827. The molecule has 7 nitrogen and oxygen atoms in total. The maximum atomic E-state index is 14.3. The lowest BCUT2D eigenvalue weighted by atomic mass is 10.1. The molecule has 206 valence electrons. The quantitative estimate of drug-likeness (QED) is 0.169. The predicted molar refractivity (Wildman–Crippen MR) is 154 cm³/mol. The average molecular weight is 570 g/mol. The Bertz CT molecular complexity index is 1540. The van der Waals surface area contributed by atoms with Gasteiger partial charge in [-0.05, 0) is 40.4 Å². The molecule has 1 N–H and O–H groups in total. The number of hydrogen-bond donors (Lipinski definition) is 1. The zero-order chi connectivity index (χ0) is 28.4. The number of nitrogens with one attached hydrogen (secondary N) is 1. The van der Waals surface area contributed by atoms with E-state index in [0.29, 0.717) is 5.75 Å². The van der Waals surface area contributed by atoms with Crippen molar-refractivity contribution in [2.45, 2.75) is 19.8 Å². The predicted octanol–water partition coefficient (Wildman–Crippen LogP) is 7.26. The zero-order valence-corrected chi connectivity index (χ0v) is 22.6. The third-order valence-electron chi connectivity index (χ3n) is 5.93.